The summed E-state index contributed by atoms with van der Waals surface area (Å²) in [5, 5.41) is 12.4. The Labute approximate surface area is 190 Å². The SMILES string of the molecule is Cc1nnc(N[C@H](C)c2cccc(C(F)F)c2F)c2cc(N3CCC4(CC3)COC4)cnc12. The molecule has 2 aliphatic rings. The van der Waals surface area contributed by atoms with Gasteiger partial charge in [0.1, 0.15) is 5.82 Å². The van der Waals surface area contributed by atoms with Crippen molar-refractivity contribution in [3.8, 4) is 0 Å². The van der Waals surface area contributed by atoms with Crippen molar-refractivity contribution in [1.29, 1.82) is 0 Å². The Morgan fingerprint density at radius 1 is 1.12 bits per heavy atom. The van der Waals surface area contributed by atoms with Gasteiger partial charge >= 0.3 is 0 Å². The Morgan fingerprint density at radius 3 is 2.52 bits per heavy atom. The summed E-state index contributed by atoms with van der Waals surface area (Å²) >= 11 is 0. The van der Waals surface area contributed by atoms with E-state index in [1.807, 2.05) is 19.2 Å². The number of aryl methyl sites for hydroxylation is 1. The van der Waals surface area contributed by atoms with Crippen LogP contribution in [0.4, 0.5) is 24.7 Å². The largest absolute Gasteiger partial charge is 0.380 e. The summed E-state index contributed by atoms with van der Waals surface area (Å²) in [5.41, 5.74) is 2.26. The van der Waals surface area contributed by atoms with Gasteiger partial charge in [-0.15, -0.1) is 5.10 Å². The van der Waals surface area contributed by atoms with E-state index in [0.717, 1.165) is 56.3 Å². The summed E-state index contributed by atoms with van der Waals surface area (Å²) in [4.78, 5) is 6.95. The second-order valence-corrected chi connectivity index (χ2v) is 9.12. The Kier molecular flexibility index (Phi) is 5.60. The molecular weight excluding hydrogens is 431 g/mol. The highest BCUT2D eigenvalue weighted by atomic mass is 19.3. The first-order valence-corrected chi connectivity index (χ1v) is 11.2. The number of hydrogen-bond donors (Lipinski definition) is 1. The van der Waals surface area contributed by atoms with E-state index in [4.69, 9.17) is 4.74 Å². The lowest BCUT2D eigenvalue weighted by atomic mass is 9.77. The third kappa shape index (κ3) is 3.99. The first-order chi connectivity index (χ1) is 15.9. The molecule has 2 saturated heterocycles. The van der Waals surface area contributed by atoms with Crippen molar-refractivity contribution in [2.45, 2.75) is 39.2 Å². The van der Waals surface area contributed by atoms with Gasteiger partial charge in [0.05, 0.1) is 47.9 Å². The number of pyridine rings is 1. The van der Waals surface area contributed by atoms with Crippen molar-refractivity contribution in [3.05, 3.63) is 53.1 Å². The normalized spacial score (nSPS) is 18.5. The van der Waals surface area contributed by atoms with Gasteiger partial charge < -0.3 is 15.0 Å². The average molecular weight is 458 g/mol. The van der Waals surface area contributed by atoms with Crippen molar-refractivity contribution < 1.29 is 17.9 Å². The first kappa shape index (κ1) is 21.9. The smallest absolute Gasteiger partial charge is 0.266 e. The van der Waals surface area contributed by atoms with Crippen LogP contribution in [0.25, 0.3) is 10.9 Å². The summed E-state index contributed by atoms with van der Waals surface area (Å²) < 4.78 is 46.4. The molecule has 1 spiro atoms. The van der Waals surface area contributed by atoms with Crippen LogP contribution in [0.2, 0.25) is 0 Å². The van der Waals surface area contributed by atoms with E-state index in [1.165, 1.54) is 12.1 Å². The van der Waals surface area contributed by atoms with E-state index in [2.05, 4.69) is 25.4 Å². The van der Waals surface area contributed by atoms with Crippen molar-refractivity contribution in [3.63, 3.8) is 0 Å². The van der Waals surface area contributed by atoms with Gasteiger partial charge in [0.25, 0.3) is 6.43 Å². The number of benzene rings is 1. The van der Waals surface area contributed by atoms with Crippen LogP contribution in [0, 0.1) is 18.2 Å². The lowest BCUT2D eigenvalue weighted by Gasteiger charge is -2.47. The molecule has 2 aliphatic heterocycles. The van der Waals surface area contributed by atoms with Gasteiger partial charge in [-0.1, -0.05) is 18.2 Å². The maximum Gasteiger partial charge on any atom is 0.266 e. The Morgan fingerprint density at radius 2 is 1.85 bits per heavy atom. The lowest BCUT2D eigenvalue weighted by molar-refractivity contribution is -0.124. The predicted octanol–water partition coefficient (Wildman–Crippen LogP) is 5.20. The van der Waals surface area contributed by atoms with E-state index < -0.39 is 23.8 Å². The van der Waals surface area contributed by atoms with Crippen LogP contribution >= 0.6 is 0 Å². The van der Waals surface area contributed by atoms with Gasteiger partial charge in [-0.2, -0.15) is 5.10 Å². The number of piperidine rings is 1. The summed E-state index contributed by atoms with van der Waals surface area (Å²) in [6.07, 6.45) is 1.14. The van der Waals surface area contributed by atoms with E-state index in [9.17, 15) is 13.2 Å². The molecule has 2 aromatic heterocycles. The molecule has 4 heterocycles. The topological polar surface area (TPSA) is 63.2 Å². The molecule has 5 rings (SSSR count). The number of ether oxygens (including phenoxy) is 1. The number of halogens is 3. The number of fused-ring (bicyclic) bond motifs is 1. The second kappa shape index (κ2) is 8.44. The van der Waals surface area contributed by atoms with Crippen molar-refractivity contribution in [2.24, 2.45) is 5.41 Å². The lowest BCUT2D eigenvalue weighted by Crippen LogP contribution is -2.50. The molecule has 1 N–H and O–H groups in total. The van der Waals surface area contributed by atoms with Gasteiger partial charge in [-0.05, 0) is 32.8 Å². The van der Waals surface area contributed by atoms with E-state index in [0.29, 0.717) is 22.4 Å². The summed E-state index contributed by atoms with van der Waals surface area (Å²) in [6, 6.07) is 5.47. The van der Waals surface area contributed by atoms with Crippen LogP contribution in [0.3, 0.4) is 0 Å². The maximum atomic E-state index is 14.7. The highest BCUT2D eigenvalue weighted by Crippen LogP contribution is 2.40. The van der Waals surface area contributed by atoms with Gasteiger partial charge in [-0.3, -0.25) is 4.98 Å². The number of anilines is 2. The number of nitrogens with zero attached hydrogens (tertiary/aromatic N) is 4. The molecule has 2 fully saturated rings. The first-order valence-electron chi connectivity index (χ1n) is 11.2. The van der Waals surface area contributed by atoms with Gasteiger partial charge in [0, 0.05) is 29.5 Å². The predicted molar refractivity (Wildman–Crippen MR) is 120 cm³/mol. The number of hydrogen-bond acceptors (Lipinski definition) is 6. The molecule has 9 heteroatoms. The standard InChI is InChI=1S/C24H26F3N5O/c1-14(17-4-3-5-18(20(17)25)22(26)27)29-23-19-10-16(11-28-21(19)15(2)30-31-23)32-8-6-24(7-9-32)12-33-13-24/h3-5,10-11,14,22H,6-9,12-13H2,1-2H3,(H,29,31)/t14-/m1/s1. The van der Waals surface area contributed by atoms with Gasteiger partial charge in [-0.25, -0.2) is 13.2 Å². The van der Waals surface area contributed by atoms with Crippen LogP contribution < -0.4 is 10.2 Å². The molecule has 0 bridgehead atoms. The van der Waals surface area contributed by atoms with Gasteiger partial charge in [0.2, 0.25) is 0 Å². The molecule has 174 valence electrons. The zero-order chi connectivity index (χ0) is 23.2. The minimum Gasteiger partial charge on any atom is -0.380 e. The highest BCUT2D eigenvalue weighted by Gasteiger charge is 2.41. The minimum atomic E-state index is -2.88. The number of aromatic nitrogens is 3. The third-order valence-corrected chi connectivity index (χ3v) is 6.89. The zero-order valence-electron chi connectivity index (χ0n) is 18.6. The Hall–Kier alpha value is -2.94. The van der Waals surface area contributed by atoms with Crippen LogP contribution in [0.5, 0.6) is 0 Å². The van der Waals surface area contributed by atoms with Gasteiger partial charge in [0.15, 0.2) is 5.82 Å². The molecule has 6 nitrogen and oxygen atoms in total. The maximum absolute atomic E-state index is 14.7. The van der Waals surface area contributed by atoms with Crippen LogP contribution in [-0.4, -0.2) is 41.5 Å². The number of alkyl halides is 2. The highest BCUT2D eigenvalue weighted by molar-refractivity contribution is 5.92. The summed E-state index contributed by atoms with van der Waals surface area (Å²) in [5.74, 6) is -0.460. The second-order valence-electron chi connectivity index (χ2n) is 9.12. The molecule has 1 aromatic carbocycles. The molecule has 33 heavy (non-hydrogen) atoms. The fraction of sp³-hybridized carbons (Fsp3) is 0.458. The van der Waals surface area contributed by atoms with Crippen LogP contribution in [0.1, 0.15) is 49.1 Å². The zero-order valence-corrected chi connectivity index (χ0v) is 18.6. The molecule has 0 amide bonds. The fourth-order valence-electron chi connectivity index (χ4n) is 4.70. The van der Waals surface area contributed by atoms with Crippen molar-refractivity contribution in [2.75, 3.05) is 36.5 Å². The molecule has 3 aromatic rings. The van der Waals surface area contributed by atoms with Crippen LogP contribution in [0.15, 0.2) is 30.5 Å². The summed E-state index contributed by atoms with van der Waals surface area (Å²) in [6.45, 7) is 7.10. The van der Waals surface area contributed by atoms with Crippen molar-refractivity contribution in [1.82, 2.24) is 15.2 Å². The molecule has 0 saturated carbocycles. The molecular formula is C24H26F3N5O. The molecule has 0 aliphatic carbocycles. The third-order valence-electron chi connectivity index (χ3n) is 6.89. The summed E-state index contributed by atoms with van der Waals surface area (Å²) in [7, 11) is 0. The Balaban J connectivity index is 1.44. The average Bonchev–Trinajstić information content (AvgIpc) is 2.79. The Bertz CT molecular complexity index is 1170. The monoisotopic (exact) mass is 457 g/mol. The number of rotatable bonds is 5. The quantitative estimate of drug-likeness (QED) is 0.568. The van der Waals surface area contributed by atoms with Crippen molar-refractivity contribution >= 4 is 22.4 Å². The van der Waals surface area contributed by atoms with E-state index in [1.54, 1.807) is 6.92 Å². The molecule has 0 radical (unpaired) electrons. The fourth-order valence-corrected chi connectivity index (χ4v) is 4.70. The minimum absolute atomic E-state index is 0.150. The van der Waals surface area contributed by atoms with E-state index >= 15 is 0 Å². The molecule has 0 unspecified atom stereocenters. The van der Waals surface area contributed by atoms with Crippen LogP contribution in [-0.2, 0) is 4.74 Å². The number of nitrogens with one attached hydrogen (secondary N) is 1. The van der Waals surface area contributed by atoms with E-state index in [-0.39, 0.29) is 5.56 Å². The molecule has 1 atom stereocenters.